The molecule has 0 spiro atoms. The van der Waals surface area contributed by atoms with Gasteiger partial charge in [0.15, 0.2) is 12.4 Å². The van der Waals surface area contributed by atoms with Crippen LogP contribution in [0.25, 0.3) is 0 Å². The summed E-state index contributed by atoms with van der Waals surface area (Å²) >= 11 is 0. The fraction of sp³-hybridized carbons (Fsp3) is 0.939. The number of carbonyl (C=O) groups is 6. The molecule has 121 heavy (non-hydrogen) atoms. The van der Waals surface area contributed by atoms with E-state index in [4.69, 9.17) is 32.9 Å². The van der Waals surface area contributed by atoms with Crippen LogP contribution in [0.3, 0.4) is 0 Å². The van der Waals surface area contributed by atoms with Crippen molar-refractivity contribution in [1.29, 1.82) is 0 Å². The molecule has 714 valence electrons. The number of hydrogen-bond donors (Lipinski definition) is 8. The summed E-state index contributed by atoms with van der Waals surface area (Å²) in [6.45, 7) is 14.6. The first-order valence-electron chi connectivity index (χ1n) is 50.6. The molecular weight excluding hydrogens is 1560 g/mol. The van der Waals surface area contributed by atoms with Crippen LogP contribution in [0.4, 0.5) is 0 Å². The molecule has 1 heterocycles. The lowest BCUT2D eigenvalue weighted by molar-refractivity contribution is -0.275. The van der Waals surface area contributed by atoms with Crippen LogP contribution in [-0.4, -0.2) is 152 Å². The molecule has 1 saturated heterocycles. The molecule has 0 aromatic carbocycles. The van der Waals surface area contributed by atoms with Crippen LogP contribution < -0.4 is 10.6 Å². The second-order valence-corrected chi connectivity index (χ2v) is 37.3. The number of rotatable bonds is 88. The number of esters is 4. The average molecular weight is 1740 g/mol. The zero-order valence-corrected chi connectivity index (χ0v) is 79.5. The Hall–Kier alpha value is -3.31. The van der Waals surface area contributed by atoms with Gasteiger partial charge in [-0.05, 0) is 64.7 Å². The van der Waals surface area contributed by atoms with E-state index < -0.39 is 143 Å². The number of carbonyl (C=O) groups excluding carboxylic acids is 6. The van der Waals surface area contributed by atoms with Crippen LogP contribution in [0.15, 0.2) is 0 Å². The molecule has 13 atom stereocenters. The fourth-order valence-electron chi connectivity index (χ4n) is 16.6. The van der Waals surface area contributed by atoms with Gasteiger partial charge in [-0.25, -0.2) is 4.57 Å². The highest BCUT2D eigenvalue weighted by Gasteiger charge is 2.53. The Balaban J connectivity index is 3.80. The van der Waals surface area contributed by atoms with Crippen molar-refractivity contribution in [3.8, 4) is 0 Å². The fourth-order valence-corrected chi connectivity index (χ4v) is 17.2. The number of ether oxygens (including phenoxy) is 6. The quantitative estimate of drug-likeness (QED) is 0.0121. The molecular formula is C98H187N2O20P. The third kappa shape index (κ3) is 65.8. The van der Waals surface area contributed by atoms with Crippen molar-refractivity contribution in [3.63, 3.8) is 0 Å². The molecule has 22 nitrogen and oxygen atoms in total. The van der Waals surface area contributed by atoms with Gasteiger partial charge in [0.2, 0.25) is 11.8 Å². The maximum atomic E-state index is 15.0. The lowest BCUT2D eigenvalue weighted by Gasteiger charge is -2.45. The van der Waals surface area contributed by atoms with Crippen molar-refractivity contribution in [1.82, 2.24) is 10.6 Å². The second-order valence-electron chi connectivity index (χ2n) is 36.1. The predicted octanol–water partition coefficient (Wildman–Crippen LogP) is 23.6. The van der Waals surface area contributed by atoms with Crippen molar-refractivity contribution in [3.05, 3.63) is 0 Å². The molecule has 0 radical (unpaired) electrons. The van der Waals surface area contributed by atoms with Crippen LogP contribution in [0, 0.1) is 5.92 Å². The number of hydrogen-bond acceptors (Lipinski definition) is 18. The number of aliphatic hydroxyl groups excluding tert-OH is 4. The monoisotopic (exact) mass is 1740 g/mol. The zero-order chi connectivity index (χ0) is 89.0. The molecule has 1 rings (SSSR count). The molecule has 1 aliphatic rings. The molecule has 8 N–H and O–H groups in total. The van der Waals surface area contributed by atoms with E-state index in [2.05, 4.69) is 52.2 Å². The summed E-state index contributed by atoms with van der Waals surface area (Å²) in [6.07, 6.45) is 50.0. The van der Waals surface area contributed by atoms with E-state index in [-0.39, 0.29) is 31.7 Å². The minimum atomic E-state index is -5.56. The Labute approximate surface area is 737 Å². The maximum Gasteiger partial charge on any atom is 0.470 e. The number of amides is 2. The third-order valence-corrected chi connectivity index (χ3v) is 24.8. The van der Waals surface area contributed by atoms with Crippen LogP contribution in [0.2, 0.25) is 0 Å². The highest BCUT2D eigenvalue weighted by atomic mass is 31.2. The Morgan fingerprint density at radius 3 is 0.934 bits per heavy atom. The second kappa shape index (κ2) is 80.0. The van der Waals surface area contributed by atoms with Gasteiger partial charge in [0, 0.05) is 25.2 Å². The van der Waals surface area contributed by atoms with E-state index in [1.807, 2.05) is 0 Å². The van der Waals surface area contributed by atoms with Crippen LogP contribution in [0.1, 0.15) is 498 Å². The highest BCUT2D eigenvalue weighted by molar-refractivity contribution is 7.46. The average Bonchev–Trinajstić information content (AvgIpc) is 0.778. The van der Waals surface area contributed by atoms with Crippen LogP contribution in [0.5, 0.6) is 0 Å². The standard InChI is InChI=1S/C98H187N2O20P/c1-9-15-21-27-33-39-41-42-44-50-56-61-67-72-88(105)115-82(69-63-57-51-45-35-29-23-17-11-3)75-86(103)99-92(81(8)102)95(110)94(109)80(7)79-114-98-93(100-87(104)76-83(70-64-58-52-46-36-30-24-18-12-4)116-89(106)73-66-60-54-48-38-32-26-20-14-6)97(96(85(78-101)118-98)120-121(111,112)113)119-91(108)77-84(71-65-59-53-47-37-31-25-19-13-5)117-90(107)74-68-62-55-49-43-40-34-28-22-16-10-2/h80-85,92-98,101-102,109-110H,9-79H2,1-8H3,(H,99,103)(H,100,104)(H2,111,112,113)/t80?,81?,82-,83-,84-,85?,92?,93?,94?,95?,96?,97?,98?/m1/s1. The van der Waals surface area contributed by atoms with Gasteiger partial charge in [-0.2, -0.15) is 0 Å². The van der Waals surface area contributed by atoms with Crippen molar-refractivity contribution in [2.24, 2.45) is 5.92 Å². The topological polar surface area (TPSA) is 330 Å². The van der Waals surface area contributed by atoms with E-state index >= 15 is 4.79 Å². The van der Waals surface area contributed by atoms with E-state index in [0.29, 0.717) is 51.4 Å². The van der Waals surface area contributed by atoms with Gasteiger partial charge in [-0.15, -0.1) is 0 Å². The van der Waals surface area contributed by atoms with Gasteiger partial charge in [-0.3, -0.25) is 33.3 Å². The van der Waals surface area contributed by atoms with Gasteiger partial charge >= 0.3 is 31.7 Å². The molecule has 0 aromatic rings. The minimum absolute atomic E-state index is 0.134. The van der Waals surface area contributed by atoms with Gasteiger partial charge in [0.05, 0.1) is 50.7 Å². The number of aliphatic hydroxyl groups is 4. The number of phosphoric acid groups is 1. The van der Waals surface area contributed by atoms with E-state index in [1.54, 1.807) is 0 Å². The Morgan fingerprint density at radius 1 is 0.364 bits per heavy atom. The van der Waals surface area contributed by atoms with Crippen molar-refractivity contribution < 1.29 is 96.5 Å². The van der Waals surface area contributed by atoms with Gasteiger partial charge in [-0.1, -0.05) is 395 Å². The summed E-state index contributed by atoms with van der Waals surface area (Å²) < 4.78 is 55.8. The number of nitrogens with one attached hydrogen (secondary N) is 2. The molecule has 0 saturated carbocycles. The molecule has 0 aliphatic carbocycles. The highest BCUT2D eigenvalue weighted by Crippen LogP contribution is 2.43. The molecule has 0 aromatic heterocycles. The first-order chi connectivity index (χ1) is 58.6. The van der Waals surface area contributed by atoms with Crippen molar-refractivity contribution in [2.45, 2.75) is 572 Å². The summed E-state index contributed by atoms with van der Waals surface area (Å²) in [5.41, 5.74) is 0. The van der Waals surface area contributed by atoms with Gasteiger partial charge < -0.3 is 69.3 Å². The first-order valence-corrected chi connectivity index (χ1v) is 52.1. The first kappa shape index (κ1) is 116. The SMILES string of the molecule is CCCCCCCCCCCCCCCC(=O)O[C@H](CCCCCCCCCCC)CC(=O)NC(C(C)O)C(O)C(O)C(C)COC1OC(CO)C(OP(=O)(O)O)C(OC(=O)C[C@@H](CCCCCCCCCCC)OC(=O)CCCCCCCCCCCCC)C1NC(=O)C[C@@H](CCCCCCCCCCC)OC(=O)CCCCCCCCCCC. The van der Waals surface area contributed by atoms with E-state index in [0.717, 1.165) is 180 Å². The minimum Gasteiger partial charge on any atom is -0.462 e. The lowest BCUT2D eigenvalue weighted by Crippen LogP contribution is -2.66. The molecule has 10 unspecified atom stereocenters. The smallest absolute Gasteiger partial charge is 0.462 e. The van der Waals surface area contributed by atoms with Gasteiger partial charge in [0.25, 0.3) is 0 Å². The molecule has 1 aliphatic heterocycles. The van der Waals surface area contributed by atoms with Crippen molar-refractivity contribution >= 4 is 43.5 Å². The third-order valence-electron chi connectivity index (χ3n) is 24.3. The molecule has 2 amide bonds. The Bertz CT molecular complexity index is 2490. The predicted molar refractivity (Wildman–Crippen MR) is 487 cm³/mol. The summed E-state index contributed by atoms with van der Waals surface area (Å²) in [5, 5.41) is 52.0. The molecule has 0 bridgehead atoms. The Kier molecular flexibility index (Phi) is 76.5. The van der Waals surface area contributed by atoms with Gasteiger partial charge in [0.1, 0.15) is 42.7 Å². The summed E-state index contributed by atoms with van der Waals surface area (Å²) in [7, 11) is -5.56. The summed E-state index contributed by atoms with van der Waals surface area (Å²) in [5.74, 6) is -4.79. The van der Waals surface area contributed by atoms with Crippen LogP contribution in [-0.2, 0) is 66.3 Å². The van der Waals surface area contributed by atoms with Crippen molar-refractivity contribution in [2.75, 3.05) is 13.2 Å². The normalized spacial score (nSPS) is 17.6. The molecule has 23 heteroatoms. The van der Waals surface area contributed by atoms with E-state index in [9.17, 15) is 58.8 Å². The maximum absolute atomic E-state index is 15.0. The number of phosphoric ester groups is 1. The number of unbranched alkanes of at least 4 members (excludes halogenated alkanes) is 54. The summed E-state index contributed by atoms with van der Waals surface area (Å²) in [4.78, 5) is 106. The zero-order valence-electron chi connectivity index (χ0n) is 78.6. The lowest BCUT2D eigenvalue weighted by atomic mass is 9.92. The largest absolute Gasteiger partial charge is 0.470 e. The summed E-state index contributed by atoms with van der Waals surface area (Å²) in [6, 6.07) is -3.17. The molecule has 1 fully saturated rings. The Morgan fingerprint density at radius 2 is 0.645 bits per heavy atom. The van der Waals surface area contributed by atoms with Crippen LogP contribution >= 0.6 is 7.82 Å². The van der Waals surface area contributed by atoms with E-state index in [1.165, 1.54) is 187 Å².